The van der Waals surface area contributed by atoms with Crippen molar-refractivity contribution in [3.8, 4) is 5.75 Å². The first-order valence-electron chi connectivity index (χ1n) is 11.1. The zero-order chi connectivity index (χ0) is 26.6. The van der Waals surface area contributed by atoms with Gasteiger partial charge in [-0.15, -0.1) is 0 Å². The molecule has 0 bridgehead atoms. The van der Waals surface area contributed by atoms with E-state index in [2.05, 4.69) is 10.0 Å². The summed E-state index contributed by atoms with van der Waals surface area (Å²) in [5.41, 5.74) is 0.763. The van der Waals surface area contributed by atoms with Gasteiger partial charge in [-0.2, -0.15) is 4.31 Å². The van der Waals surface area contributed by atoms with Gasteiger partial charge >= 0.3 is 0 Å². The van der Waals surface area contributed by atoms with Crippen LogP contribution in [0.25, 0.3) is 0 Å². The number of hydrogen-bond donors (Lipinski definition) is 2. The van der Waals surface area contributed by atoms with E-state index >= 15 is 0 Å². The van der Waals surface area contributed by atoms with Crippen LogP contribution in [0.4, 0.5) is 11.4 Å². The first kappa shape index (κ1) is 26.9. The lowest BCUT2D eigenvalue weighted by molar-refractivity contribution is 0.0730. The topological polar surface area (TPSA) is 131 Å². The van der Waals surface area contributed by atoms with Gasteiger partial charge in [0.2, 0.25) is 10.0 Å². The van der Waals surface area contributed by atoms with Crippen molar-refractivity contribution < 1.29 is 31.1 Å². The molecular formula is C24H24ClN3O7S2. The van der Waals surface area contributed by atoms with Gasteiger partial charge in [0.25, 0.3) is 15.9 Å². The van der Waals surface area contributed by atoms with Crippen molar-refractivity contribution in [2.45, 2.75) is 9.79 Å². The standard InChI is InChI=1S/C24H24ClN3O7S2/c1-34-20-7-3-19(4-8-20)27-36(30,31)21-9-5-18(6-10-21)26-24(29)17-2-11-22(25)23(16-17)37(32,33)28-12-14-35-15-13-28/h2-11,16,27H,12-15H2,1H3,(H,26,29). The van der Waals surface area contributed by atoms with E-state index in [0.29, 0.717) is 17.1 Å². The van der Waals surface area contributed by atoms with E-state index in [9.17, 15) is 21.6 Å². The number of anilines is 2. The van der Waals surface area contributed by atoms with Crippen molar-refractivity contribution in [3.05, 3.63) is 77.3 Å². The van der Waals surface area contributed by atoms with Crippen LogP contribution in [-0.2, 0) is 24.8 Å². The summed E-state index contributed by atoms with van der Waals surface area (Å²) in [6, 6.07) is 15.9. The maximum absolute atomic E-state index is 13.0. The van der Waals surface area contributed by atoms with Crippen LogP contribution in [0.15, 0.2) is 76.5 Å². The minimum atomic E-state index is -3.91. The average molecular weight is 566 g/mol. The van der Waals surface area contributed by atoms with Crippen molar-refractivity contribution in [3.63, 3.8) is 0 Å². The molecule has 196 valence electrons. The summed E-state index contributed by atoms with van der Waals surface area (Å²) in [7, 11) is -6.27. The van der Waals surface area contributed by atoms with Crippen LogP contribution in [0, 0.1) is 0 Å². The van der Waals surface area contributed by atoms with E-state index in [-0.39, 0.29) is 46.7 Å². The van der Waals surface area contributed by atoms with Gasteiger partial charge in [-0.3, -0.25) is 9.52 Å². The van der Waals surface area contributed by atoms with Crippen LogP contribution in [0.5, 0.6) is 5.75 Å². The highest BCUT2D eigenvalue weighted by Gasteiger charge is 2.29. The normalized spacial score (nSPS) is 14.6. The molecule has 0 atom stereocenters. The summed E-state index contributed by atoms with van der Waals surface area (Å²) in [6.07, 6.45) is 0. The molecule has 10 nitrogen and oxygen atoms in total. The highest BCUT2D eigenvalue weighted by molar-refractivity contribution is 7.92. The summed E-state index contributed by atoms with van der Waals surface area (Å²) in [4.78, 5) is 12.7. The first-order chi connectivity index (χ1) is 17.6. The average Bonchev–Trinajstić information content (AvgIpc) is 2.90. The summed E-state index contributed by atoms with van der Waals surface area (Å²) in [5.74, 6) is 0.0107. The Hall–Kier alpha value is -3.16. The minimum Gasteiger partial charge on any atom is -0.497 e. The third kappa shape index (κ3) is 6.22. The van der Waals surface area contributed by atoms with E-state index in [1.54, 1.807) is 24.3 Å². The van der Waals surface area contributed by atoms with Crippen LogP contribution in [-0.4, -0.2) is 60.5 Å². The predicted molar refractivity (Wildman–Crippen MR) is 139 cm³/mol. The van der Waals surface area contributed by atoms with Gasteiger partial charge in [0.15, 0.2) is 0 Å². The van der Waals surface area contributed by atoms with E-state index in [0.717, 1.165) is 0 Å². The number of sulfonamides is 2. The monoisotopic (exact) mass is 565 g/mol. The predicted octanol–water partition coefficient (Wildman–Crippen LogP) is 3.42. The van der Waals surface area contributed by atoms with Gasteiger partial charge in [0.05, 0.1) is 30.2 Å². The van der Waals surface area contributed by atoms with Crippen LogP contribution in [0.2, 0.25) is 5.02 Å². The quantitative estimate of drug-likeness (QED) is 0.428. The Kier molecular flexibility index (Phi) is 8.05. The summed E-state index contributed by atoms with van der Waals surface area (Å²) in [5, 5.41) is 2.64. The van der Waals surface area contributed by atoms with Crippen LogP contribution < -0.4 is 14.8 Å². The molecule has 0 aromatic heterocycles. The highest BCUT2D eigenvalue weighted by atomic mass is 35.5. The molecule has 0 unspecified atom stereocenters. The van der Waals surface area contributed by atoms with E-state index in [1.165, 1.54) is 53.9 Å². The smallest absolute Gasteiger partial charge is 0.261 e. The molecule has 13 heteroatoms. The molecule has 37 heavy (non-hydrogen) atoms. The van der Waals surface area contributed by atoms with Gasteiger partial charge in [0, 0.05) is 30.0 Å². The molecule has 1 aliphatic heterocycles. The lowest BCUT2D eigenvalue weighted by Gasteiger charge is -2.26. The molecule has 4 rings (SSSR count). The number of nitrogens with zero attached hydrogens (tertiary/aromatic N) is 1. The number of benzene rings is 3. The Labute approximate surface area is 220 Å². The van der Waals surface area contributed by atoms with Crippen molar-refractivity contribution in [2.24, 2.45) is 0 Å². The van der Waals surface area contributed by atoms with Gasteiger partial charge in [-0.1, -0.05) is 11.6 Å². The number of carbonyl (C=O) groups excluding carboxylic acids is 1. The SMILES string of the molecule is COc1ccc(NS(=O)(=O)c2ccc(NC(=O)c3ccc(Cl)c(S(=O)(=O)N4CCOCC4)c3)cc2)cc1. The summed E-state index contributed by atoms with van der Waals surface area (Å²) < 4.78 is 65.4. The second kappa shape index (κ2) is 11.1. The number of amides is 1. The Balaban J connectivity index is 1.47. The number of nitrogens with one attached hydrogen (secondary N) is 2. The van der Waals surface area contributed by atoms with Crippen LogP contribution in [0.3, 0.4) is 0 Å². The molecule has 3 aromatic rings. The fraction of sp³-hybridized carbons (Fsp3) is 0.208. The zero-order valence-corrected chi connectivity index (χ0v) is 22.1. The Morgan fingerprint density at radius 2 is 1.54 bits per heavy atom. The molecule has 0 aliphatic carbocycles. The molecule has 3 aromatic carbocycles. The number of methoxy groups -OCH3 is 1. The largest absolute Gasteiger partial charge is 0.497 e. The number of hydrogen-bond acceptors (Lipinski definition) is 7. The fourth-order valence-corrected chi connectivity index (χ4v) is 6.53. The van der Waals surface area contributed by atoms with Gasteiger partial charge in [-0.05, 0) is 66.7 Å². The van der Waals surface area contributed by atoms with Gasteiger partial charge in [0.1, 0.15) is 10.6 Å². The minimum absolute atomic E-state index is 0.00182. The summed E-state index contributed by atoms with van der Waals surface area (Å²) in [6.45, 7) is 0.937. The maximum Gasteiger partial charge on any atom is 0.261 e. The molecule has 0 radical (unpaired) electrons. The molecule has 1 heterocycles. The van der Waals surface area contributed by atoms with Gasteiger partial charge < -0.3 is 14.8 Å². The molecule has 1 fully saturated rings. The third-order valence-corrected chi connectivity index (χ3v) is 9.32. The van der Waals surface area contributed by atoms with E-state index in [4.69, 9.17) is 21.1 Å². The van der Waals surface area contributed by atoms with Gasteiger partial charge in [-0.25, -0.2) is 16.8 Å². The summed E-state index contributed by atoms with van der Waals surface area (Å²) >= 11 is 6.16. The number of carbonyl (C=O) groups is 1. The van der Waals surface area contributed by atoms with Crippen LogP contribution >= 0.6 is 11.6 Å². The molecule has 0 saturated carbocycles. The zero-order valence-electron chi connectivity index (χ0n) is 19.7. The number of morpholine rings is 1. The Morgan fingerprint density at radius 3 is 2.16 bits per heavy atom. The second-order valence-corrected chi connectivity index (χ2v) is 12.0. The maximum atomic E-state index is 13.0. The molecule has 1 amide bonds. The lowest BCUT2D eigenvalue weighted by Crippen LogP contribution is -2.40. The van der Waals surface area contributed by atoms with E-state index < -0.39 is 26.0 Å². The fourth-order valence-electron chi connectivity index (χ4n) is 3.56. The Morgan fingerprint density at radius 1 is 0.919 bits per heavy atom. The first-order valence-corrected chi connectivity index (χ1v) is 14.4. The number of ether oxygens (including phenoxy) is 2. The van der Waals surface area contributed by atoms with Crippen molar-refractivity contribution in [1.82, 2.24) is 4.31 Å². The number of rotatable bonds is 8. The van der Waals surface area contributed by atoms with Crippen molar-refractivity contribution in [1.29, 1.82) is 0 Å². The van der Waals surface area contributed by atoms with Crippen LogP contribution in [0.1, 0.15) is 10.4 Å². The lowest BCUT2D eigenvalue weighted by atomic mass is 10.2. The number of halogens is 1. The second-order valence-electron chi connectivity index (χ2n) is 7.97. The molecule has 1 saturated heterocycles. The van der Waals surface area contributed by atoms with Crippen molar-refractivity contribution in [2.75, 3.05) is 43.5 Å². The van der Waals surface area contributed by atoms with Crippen molar-refractivity contribution >= 4 is 48.9 Å². The highest BCUT2D eigenvalue weighted by Crippen LogP contribution is 2.27. The Bertz CT molecular complexity index is 1490. The van der Waals surface area contributed by atoms with E-state index in [1.807, 2.05) is 0 Å². The molecule has 0 spiro atoms. The third-order valence-electron chi connectivity index (χ3n) is 5.55. The molecular weight excluding hydrogens is 542 g/mol. The molecule has 1 aliphatic rings. The molecule has 2 N–H and O–H groups in total.